The molecular weight excluding hydrogens is 548 g/mol. The van der Waals surface area contributed by atoms with E-state index in [9.17, 15) is 9.59 Å². The predicted molar refractivity (Wildman–Crippen MR) is 180 cm³/mol. The number of ketones is 1. The number of rotatable bonds is 21. The third-order valence-corrected chi connectivity index (χ3v) is 7.44. The molecule has 0 fully saturated rings. The van der Waals surface area contributed by atoms with Crippen molar-refractivity contribution < 1.29 is 23.8 Å². The number of hydrogen-bond acceptors (Lipinski definition) is 5. The van der Waals surface area contributed by atoms with Crippen molar-refractivity contribution in [3.8, 4) is 17.2 Å². The van der Waals surface area contributed by atoms with Crippen molar-refractivity contribution in [2.45, 2.75) is 84.0 Å². The zero-order valence-electron chi connectivity index (χ0n) is 26.5. The van der Waals surface area contributed by atoms with Gasteiger partial charge >= 0.3 is 5.97 Å². The van der Waals surface area contributed by atoms with Gasteiger partial charge in [-0.1, -0.05) is 120 Å². The molecule has 0 aliphatic carbocycles. The average Bonchev–Trinajstić information content (AvgIpc) is 3.05. The molecule has 0 bridgehead atoms. The lowest BCUT2D eigenvalue weighted by molar-refractivity contribution is -0.128. The maximum atomic E-state index is 12.8. The summed E-state index contributed by atoms with van der Waals surface area (Å²) in [5.41, 5.74) is 2.19. The van der Waals surface area contributed by atoms with Gasteiger partial charge in [-0.05, 0) is 66.1 Å². The molecule has 3 aromatic rings. The standard InChI is InChI=1S/C39H48O5/c1-3-4-5-6-7-8-9-10-11-12-13-14-30-43-36-26-20-32(21-27-36)22-28-38(40)34-16-15-17-37(31-34)44-39(41)29-23-33-18-24-35(42-2)25-19-33/h15-29,31H,3-14,30H2,1-2H3/b28-22+,29-23+. The smallest absolute Gasteiger partial charge is 0.336 e. The maximum absolute atomic E-state index is 12.8. The highest BCUT2D eigenvalue weighted by atomic mass is 16.5. The van der Waals surface area contributed by atoms with E-state index in [1.165, 1.54) is 82.8 Å². The van der Waals surface area contributed by atoms with E-state index in [2.05, 4.69) is 6.92 Å². The van der Waals surface area contributed by atoms with Crippen molar-refractivity contribution in [3.05, 3.63) is 102 Å². The molecule has 0 unspecified atom stereocenters. The first-order chi connectivity index (χ1) is 21.6. The molecule has 0 radical (unpaired) electrons. The lowest BCUT2D eigenvalue weighted by Crippen LogP contribution is -2.04. The van der Waals surface area contributed by atoms with Crippen LogP contribution in [-0.4, -0.2) is 25.5 Å². The van der Waals surface area contributed by atoms with E-state index >= 15 is 0 Å². The van der Waals surface area contributed by atoms with Crippen LogP contribution in [0.2, 0.25) is 0 Å². The molecule has 0 saturated carbocycles. The minimum atomic E-state index is -0.526. The second-order valence-corrected chi connectivity index (χ2v) is 11.1. The molecule has 0 spiro atoms. The van der Waals surface area contributed by atoms with Crippen LogP contribution in [0.15, 0.2) is 84.9 Å². The quantitative estimate of drug-likeness (QED) is 0.0402. The van der Waals surface area contributed by atoms with Gasteiger partial charge in [-0.25, -0.2) is 4.79 Å². The van der Waals surface area contributed by atoms with Gasteiger partial charge in [0.25, 0.3) is 0 Å². The van der Waals surface area contributed by atoms with Crippen molar-refractivity contribution in [2.24, 2.45) is 0 Å². The highest BCUT2D eigenvalue weighted by Crippen LogP contribution is 2.18. The number of esters is 1. The zero-order chi connectivity index (χ0) is 31.2. The van der Waals surface area contributed by atoms with Crippen molar-refractivity contribution >= 4 is 23.9 Å². The molecule has 0 aliphatic heterocycles. The van der Waals surface area contributed by atoms with Crippen LogP contribution in [0.4, 0.5) is 0 Å². The minimum absolute atomic E-state index is 0.177. The maximum Gasteiger partial charge on any atom is 0.336 e. The largest absolute Gasteiger partial charge is 0.497 e. The topological polar surface area (TPSA) is 61.8 Å². The lowest BCUT2D eigenvalue weighted by Gasteiger charge is -2.07. The van der Waals surface area contributed by atoms with E-state index in [1.807, 2.05) is 48.5 Å². The van der Waals surface area contributed by atoms with Crippen LogP contribution >= 0.6 is 0 Å². The zero-order valence-corrected chi connectivity index (χ0v) is 26.5. The average molecular weight is 597 g/mol. The van der Waals surface area contributed by atoms with Crippen LogP contribution in [0.1, 0.15) is 105 Å². The molecule has 0 amide bonds. The highest BCUT2D eigenvalue weighted by Gasteiger charge is 2.07. The Kier molecular flexibility index (Phi) is 16.2. The molecule has 234 valence electrons. The lowest BCUT2D eigenvalue weighted by atomic mass is 10.1. The first kappa shape index (κ1) is 34.4. The van der Waals surface area contributed by atoms with E-state index in [0.717, 1.165) is 35.7 Å². The van der Waals surface area contributed by atoms with Gasteiger partial charge in [0, 0.05) is 11.6 Å². The van der Waals surface area contributed by atoms with Crippen molar-refractivity contribution in [3.63, 3.8) is 0 Å². The SMILES string of the molecule is CCCCCCCCCCCCCCOc1ccc(/C=C/C(=O)c2cccc(OC(=O)/C=C/c3ccc(OC)cc3)c2)cc1. The van der Waals surface area contributed by atoms with Crippen LogP contribution in [0.5, 0.6) is 17.2 Å². The van der Waals surface area contributed by atoms with Crippen LogP contribution < -0.4 is 14.2 Å². The summed E-state index contributed by atoms with van der Waals surface area (Å²) in [7, 11) is 1.60. The molecule has 0 atom stereocenters. The summed E-state index contributed by atoms with van der Waals surface area (Å²) >= 11 is 0. The number of carbonyl (C=O) groups is 2. The molecule has 5 heteroatoms. The minimum Gasteiger partial charge on any atom is -0.497 e. The van der Waals surface area contributed by atoms with Crippen molar-refractivity contribution in [2.75, 3.05) is 13.7 Å². The Morgan fingerprint density at radius 3 is 1.75 bits per heavy atom. The molecular formula is C39H48O5. The fourth-order valence-corrected chi connectivity index (χ4v) is 4.82. The summed E-state index contributed by atoms with van der Waals surface area (Å²) in [6, 6.07) is 21.7. The van der Waals surface area contributed by atoms with Gasteiger partial charge in [-0.3, -0.25) is 4.79 Å². The van der Waals surface area contributed by atoms with Gasteiger partial charge in [0.05, 0.1) is 13.7 Å². The normalized spacial score (nSPS) is 11.2. The molecule has 3 aromatic carbocycles. The van der Waals surface area contributed by atoms with Crippen LogP contribution in [-0.2, 0) is 4.79 Å². The Hall–Kier alpha value is -4.12. The molecule has 0 aromatic heterocycles. The molecule has 3 rings (SSSR count). The summed E-state index contributed by atoms with van der Waals surface area (Å²) in [5, 5.41) is 0. The summed E-state index contributed by atoms with van der Waals surface area (Å²) in [5.74, 6) is 1.19. The van der Waals surface area contributed by atoms with Crippen LogP contribution in [0.25, 0.3) is 12.2 Å². The molecule has 0 heterocycles. The molecule has 0 N–H and O–H groups in total. The second-order valence-electron chi connectivity index (χ2n) is 11.1. The number of hydrogen-bond donors (Lipinski definition) is 0. The van der Waals surface area contributed by atoms with E-state index in [1.54, 1.807) is 43.5 Å². The number of methoxy groups -OCH3 is 1. The fourth-order valence-electron chi connectivity index (χ4n) is 4.82. The van der Waals surface area contributed by atoms with Gasteiger partial charge in [-0.2, -0.15) is 0 Å². The van der Waals surface area contributed by atoms with Crippen molar-refractivity contribution in [1.29, 1.82) is 0 Å². The molecule has 0 aliphatic rings. The number of benzene rings is 3. The Morgan fingerprint density at radius 2 is 1.16 bits per heavy atom. The summed E-state index contributed by atoms with van der Waals surface area (Å²) < 4.78 is 16.4. The van der Waals surface area contributed by atoms with Gasteiger partial charge in [-0.15, -0.1) is 0 Å². The number of unbranched alkanes of at least 4 members (excludes halogenated alkanes) is 11. The van der Waals surface area contributed by atoms with E-state index in [0.29, 0.717) is 11.3 Å². The monoisotopic (exact) mass is 596 g/mol. The fraction of sp³-hybridized carbons (Fsp3) is 0.385. The van der Waals surface area contributed by atoms with Gasteiger partial charge in [0.15, 0.2) is 5.78 Å². The summed E-state index contributed by atoms with van der Waals surface area (Å²) in [6.45, 7) is 2.99. The Labute approximate surface area is 263 Å². The second kappa shape index (κ2) is 20.7. The third-order valence-electron chi connectivity index (χ3n) is 7.44. The highest BCUT2D eigenvalue weighted by molar-refractivity contribution is 6.07. The summed E-state index contributed by atoms with van der Waals surface area (Å²) in [6.07, 6.45) is 22.2. The number of ether oxygens (including phenoxy) is 3. The Balaban J connectivity index is 1.33. The predicted octanol–water partition coefficient (Wildman–Crippen LogP) is 10.3. The molecule has 5 nitrogen and oxygen atoms in total. The van der Waals surface area contributed by atoms with E-state index in [-0.39, 0.29) is 5.78 Å². The number of carbonyl (C=O) groups excluding carboxylic acids is 2. The van der Waals surface area contributed by atoms with Gasteiger partial charge < -0.3 is 14.2 Å². The number of allylic oxidation sites excluding steroid dienone is 1. The van der Waals surface area contributed by atoms with Gasteiger partial charge in [0.2, 0.25) is 0 Å². The Bertz CT molecular complexity index is 1310. The molecule has 44 heavy (non-hydrogen) atoms. The first-order valence-corrected chi connectivity index (χ1v) is 16.2. The van der Waals surface area contributed by atoms with Crippen LogP contribution in [0.3, 0.4) is 0 Å². The Morgan fingerprint density at radius 1 is 0.614 bits per heavy atom. The summed E-state index contributed by atoms with van der Waals surface area (Å²) in [4.78, 5) is 25.0. The third kappa shape index (κ3) is 13.9. The van der Waals surface area contributed by atoms with Crippen LogP contribution in [0, 0.1) is 0 Å². The van der Waals surface area contributed by atoms with E-state index in [4.69, 9.17) is 14.2 Å². The van der Waals surface area contributed by atoms with E-state index < -0.39 is 5.97 Å². The molecule has 0 saturated heterocycles. The van der Waals surface area contributed by atoms with Gasteiger partial charge in [0.1, 0.15) is 17.2 Å². The first-order valence-electron chi connectivity index (χ1n) is 16.2. The van der Waals surface area contributed by atoms with Crippen molar-refractivity contribution in [1.82, 2.24) is 0 Å².